The lowest BCUT2D eigenvalue weighted by Crippen LogP contribution is -2.42. The summed E-state index contributed by atoms with van der Waals surface area (Å²) < 4.78 is 2.95. The number of aromatic nitrogens is 1. The smallest absolute Gasteiger partial charge is 0.268 e. The van der Waals surface area contributed by atoms with Crippen LogP contribution in [0, 0.1) is 0 Å². The topological polar surface area (TPSA) is 54.3 Å². The largest absolute Gasteiger partial charge is 0.388 e. The molecule has 1 fully saturated rings. The first-order valence-electron chi connectivity index (χ1n) is 6.87. The summed E-state index contributed by atoms with van der Waals surface area (Å²) >= 11 is 3.42. The number of aliphatic hydroxyl groups is 1. The highest BCUT2D eigenvalue weighted by molar-refractivity contribution is 9.10. The maximum Gasteiger partial charge on any atom is 0.268 e. The predicted molar refractivity (Wildman–Crippen MR) is 78.3 cm³/mol. The monoisotopic (exact) mass is 328 g/mol. The van der Waals surface area contributed by atoms with E-state index in [1.807, 2.05) is 30.7 Å². The molecule has 1 aromatic rings. The molecule has 19 heavy (non-hydrogen) atoms. The van der Waals surface area contributed by atoms with Crippen LogP contribution in [-0.4, -0.2) is 27.7 Å². The van der Waals surface area contributed by atoms with Gasteiger partial charge >= 0.3 is 0 Å². The van der Waals surface area contributed by atoms with Gasteiger partial charge in [0.05, 0.1) is 5.60 Å². The van der Waals surface area contributed by atoms with Crippen LogP contribution in [0.4, 0.5) is 0 Å². The van der Waals surface area contributed by atoms with E-state index in [9.17, 15) is 9.90 Å². The third-order valence-electron chi connectivity index (χ3n) is 3.88. The number of hydrogen-bond donors (Lipinski definition) is 2. The molecule has 1 heterocycles. The first-order valence-corrected chi connectivity index (χ1v) is 7.66. The molecule has 1 amide bonds. The number of hydrogen-bond acceptors (Lipinski definition) is 2. The summed E-state index contributed by atoms with van der Waals surface area (Å²) in [6.45, 7) is 4.16. The van der Waals surface area contributed by atoms with Gasteiger partial charge < -0.3 is 15.0 Å². The lowest BCUT2D eigenvalue weighted by molar-refractivity contribution is 0.0312. The van der Waals surface area contributed by atoms with E-state index in [1.165, 1.54) is 0 Å². The van der Waals surface area contributed by atoms with Crippen LogP contribution in [0.3, 0.4) is 0 Å². The van der Waals surface area contributed by atoms with Crippen molar-refractivity contribution >= 4 is 21.8 Å². The molecule has 0 atom stereocenters. The van der Waals surface area contributed by atoms with Gasteiger partial charge in [0.1, 0.15) is 5.69 Å². The number of nitrogens with one attached hydrogen (secondary N) is 1. The maximum atomic E-state index is 12.2. The van der Waals surface area contributed by atoms with Gasteiger partial charge in [-0.25, -0.2) is 0 Å². The molecule has 0 aliphatic heterocycles. The molecule has 0 unspecified atom stereocenters. The van der Waals surface area contributed by atoms with E-state index >= 15 is 0 Å². The minimum Gasteiger partial charge on any atom is -0.388 e. The first-order chi connectivity index (χ1) is 8.99. The summed E-state index contributed by atoms with van der Waals surface area (Å²) in [5.74, 6) is -0.113. The van der Waals surface area contributed by atoms with Crippen molar-refractivity contribution < 1.29 is 9.90 Å². The van der Waals surface area contributed by atoms with Crippen LogP contribution in [-0.2, 0) is 0 Å². The third-order valence-corrected chi connectivity index (χ3v) is 4.32. The second kappa shape index (κ2) is 5.67. The Morgan fingerprint density at radius 1 is 1.53 bits per heavy atom. The first kappa shape index (κ1) is 14.6. The van der Waals surface area contributed by atoms with Gasteiger partial charge in [-0.05, 0) is 47.7 Å². The van der Waals surface area contributed by atoms with Gasteiger partial charge in [0, 0.05) is 23.3 Å². The van der Waals surface area contributed by atoms with Crippen LogP contribution in [0.25, 0.3) is 0 Å². The molecule has 1 aromatic heterocycles. The molecule has 4 nitrogen and oxygen atoms in total. The summed E-state index contributed by atoms with van der Waals surface area (Å²) in [7, 11) is 0. The van der Waals surface area contributed by atoms with Crippen molar-refractivity contribution in [2.24, 2.45) is 0 Å². The zero-order valence-corrected chi connectivity index (χ0v) is 13.0. The number of carbonyl (C=O) groups excluding carboxylic acids is 1. The van der Waals surface area contributed by atoms with Crippen LogP contribution >= 0.6 is 15.9 Å². The molecule has 1 aliphatic carbocycles. The Morgan fingerprint density at radius 2 is 2.16 bits per heavy atom. The second-order valence-electron chi connectivity index (χ2n) is 5.30. The minimum absolute atomic E-state index is 0.113. The standard InChI is InChI=1S/C14H21BrN2O2/c1-3-14(19,4-2)9-16-13(18)12-7-10(15)8-17(12)11-5-6-11/h7-8,11,19H,3-6,9H2,1-2H3,(H,16,18). The molecule has 0 radical (unpaired) electrons. The second-order valence-corrected chi connectivity index (χ2v) is 6.21. The van der Waals surface area contributed by atoms with E-state index in [4.69, 9.17) is 0 Å². The Balaban J connectivity index is 2.04. The number of amides is 1. The highest BCUT2D eigenvalue weighted by Crippen LogP contribution is 2.37. The fourth-order valence-electron chi connectivity index (χ4n) is 2.12. The van der Waals surface area contributed by atoms with Crippen molar-refractivity contribution in [2.75, 3.05) is 6.54 Å². The molecule has 0 aromatic carbocycles. The normalized spacial score (nSPS) is 15.6. The lowest BCUT2D eigenvalue weighted by Gasteiger charge is -2.25. The average Bonchev–Trinajstić information content (AvgIpc) is 3.18. The van der Waals surface area contributed by atoms with Crippen LogP contribution in [0.5, 0.6) is 0 Å². The van der Waals surface area contributed by atoms with Gasteiger partial charge in [-0.15, -0.1) is 0 Å². The molecule has 106 valence electrons. The Hall–Kier alpha value is -0.810. The summed E-state index contributed by atoms with van der Waals surface area (Å²) in [4.78, 5) is 12.2. The Morgan fingerprint density at radius 3 is 2.68 bits per heavy atom. The van der Waals surface area contributed by atoms with Crippen LogP contribution in [0.2, 0.25) is 0 Å². The van der Waals surface area contributed by atoms with Crippen molar-refractivity contribution in [3.05, 3.63) is 22.4 Å². The average molecular weight is 329 g/mol. The van der Waals surface area contributed by atoms with Gasteiger partial charge in [0.15, 0.2) is 0 Å². The molecule has 2 rings (SSSR count). The summed E-state index contributed by atoms with van der Waals surface area (Å²) in [6, 6.07) is 2.30. The zero-order chi connectivity index (χ0) is 14.0. The van der Waals surface area contributed by atoms with Gasteiger partial charge in [-0.3, -0.25) is 4.79 Å². The predicted octanol–water partition coefficient (Wildman–Crippen LogP) is 2.87. The van der Waals surface area contributed by atoms with Crippen LogP contribution in [0.1, 0.15) is 56.1 Å². The number of rotatable bonds is 6. The summed E-state index contributed by atoms with van der Waals surface area (Å²) in [5, 5.41) is 13.0. The zero-order valence-electron chi connectivity index (χ0n) is 11.4. The van der Waals surface area contributed by atoms with Gasteiger partial charge in [-0.2, -0.15) is 0 Å². The van der Waals surface area contributed by atoms with Crippen molar-refractivity contribution in [1.82, 2.24) is 9.88 Å². The molecular formula is C14H21BrN2O2. The van der Waals surface area contributed by atoms with Crippen LogP contribution in [0.15, 0.2) is 16.7 Å². The maximum absolute atomic E-state index is 12.2. The van der Waals surface area contributed by atoms with Crippen molar-refractivity contribution in [2.45, 2.75) is 51.2 Å². The SMILES string of the molecule is CCC(O)(CC)CNC(=O)c1cc(Br)cn1C1CC1. The number of nitrogens with zero attached hydrogens (tertiary/aromatic N) is 1. The van der Waals surface area contributed by atoms with Crippen molar-refractivity contribution in [3.63, 3.8) is 0 Å². The molecule has 1 saturated carbocycles. The lowest BCUT2D eigenvalue weighted by atomic mass is 9.97. The Labute approximate surface area is 122 Å². The van der Waals surface area contributed by atoms with Crippen molar-refractivity contribution in [3.8, 4) is 0 Å². The molecule has 2 N–H and O–H groups in total. The Kier molecular flexibility index (Phi) is 4.36. The van der Waals surface area contributed by atoms with E-state index in [1.54, 1.807) is 0 Å². The summed E-state index contributed by atoms with van der Waals surface area (Å²) in [6.07, 6.45) is 5.50. The molecular weight excluding hydrogens is 308 g/mol. The molecule has 0 bridgehead atoms. The minimum atomic E-state index is -0.802. The van der Waals surface area contributed by atoms with Gasteiger partial charge in [0.25, 0.3) is 5.91 Å². The fourth-order valence-corrected chi connectivity index (χ4v) is 2.56. The number of halogens is 1. The molecule has 5 heteroatoms. The Bertz CT molecular complexity index is 462. The quantitative estimate of drug-likeness (QED) is 0.843. The van der Waals surface area contributed by atoms with E-state index < -0.39 is 5.60 Å². The van der Waals surface area contributed by atoms with E-state index in [-0.39, 0.29) is 5.91 Å². The van der Waals surface area contributed by atoms with Gasteiger partial charge in [0.2, 0.25) is 0 Å². The molecule has 0 saturated heterocycles. The fraction of sp³-hybridized carbons (Fsp3) is 0.643. The van der Waals surface area contributed by atoms with Gasteiger partial charge in [-0.1, -0.05) is 13.8 Å². The third kappa shape index (κ3) is 3.39. The van der Waals surface area contributed by atoms with Crippen molar-refractivity contribution in [1.29, 1.82) is 0 Å². The number of carbonyl (C=O) groups is 1. The van der Waals surface area contributed by atoms with E-state index in [0.29, 0.717) is 31.1 Å². The molecule has 0 spiro atoms. The van der Waals surface area contributed by atoms with Crippen LogP contribution < -0.4 is 5.32 Å². The highest BCUT2D eigenvalue weighted by Gasteiger charge is 2.29. The van der Waals surface area contributed by atoms with E-state index in [0.717, 1.165) is 17.3 Å². The molecule has 1 aliphatic rings. The van der Waals surface area contributed by atoms with E-state index in [2.05, 4.69) is 21.2 Å². The summed E-state index contributed by atoms with van der Waals surface area (Å²) in [5.41, 5.74) is -0.131. The highest BCUT2D eigenvalue weighted by atomic mass is 79.9.